The average molecular weight is 402 g/mol. The number of morpholine rings is 1. The van der Waals surface area contributed by atoms with Crippen molar-refractivity contribution in [3.63, 3.8) is 0 Å². The molecule has 0 unspecified atom stereocenters. The third-order valence-electron chi connectivity index (χ3n) is 5.49. The number of carbonyl (C=O) groups excluding carboxylic acids is 2. The lowest BCUT2D eigenvalue weighted by atomic mass is 10.0. The summed E-state index contributed by atoms with van der Waals surface area (Å²) in [6.07, 6.45) is 2.86. The molecule has 1 aliphatic heterocycles. The minimum Gasteiger partial charge on any atom is -0.465 e. The van der Waals surface area contributed by atoms with Gasteiger partial charge in [-0.2, -0.15) is 0 Å². The first kappa shape index (κ1) is 19.1. The lowest BCUT2D eigenvalue weighted by Gasteiger charge is -2.30. The molecule has 0 saturated carbocycles. The van der Waals surface area contributed by atoms with Crippen molar-refractivity contribution in [2.24, 2.45) is 0 Å². The molecule has 4 rings (SSSR count). The fraction of sp³-hybridized carbons (Fsp3) is 0.429. The molecule has 1 aromatic carbocycles. The highest BCUT2D eigenvalue weighted by molar-refractivity contribution is 7.17. The van der Waals surface area contributed by atoms with E-state index in [0.29, 0.717) is 23.8 Å². The van der Waals surface area contributed by atoms with Gasteiger partial charge >= 0.3 is 5.97 Å². The van der Waals surface area contributed by atoms with Crippen LogP contribution < -0.4 is 10.2 Å². The predicted molar refractivity (Wildman–Crippen MR) is 107 cm³/mol. The van der Waals surface area contributed by atoms with Gasteiger partial charge in [-0.15, -0.1) is 11.3 Å². The molecule has 1 amide bonds. The highest BCUT2D eigenvalue weighted by Gasteiger charge is 2.35. The second kappa shape index (κ2) is 8.43. The van der Waals surface area contributed by atoms with Gasteiger partial charge in [0, 0.05) is 10.4 Å². The Bertz CT molecular complexity index is 859. The Labute approximate surface area is 168 Å². The molecule has 1 atom stereocenters. The van der Waals surface area contributed by atoms with E-state index in [-0.39, 0.29) is 17.9 Å². The van der Waals surface area contributed by atoms with E-state index in [4.69, 9.17) is 9.47 Å². The maximum atomic E-state index is 13.4. The number of thiophene rings is 1. The molecule has 2 N–H and O–H groups in total. The maximum Gasteiger partial charge on any atom is 0.341 e. The Morgan fingerprint density at radius 2 is 1.93 bits per heavy atom. The molecule has 28 heavy (non-hydrogen) atoms. The van der Waals surface area contributed by atoms with Crippen LogP contribution in [0.15, 0.2) is 30.3 Å². The van der Waals surface area contributed by atoms with Crippen molar-refractivity contribution in [1.82, 2.24) is 0 Å². The van der Waals surface area contributed by atoms with Crippen LogP contribution in [-0.4, -0.2) is 45.3 Å². The van der Waals surface area contributed by atoms with Crippen molar-refractivity contribution in [3.05, 3.63) is 51.9 Å². The number of esters is 1. The van der Waals surface area contributed by atoms with E-state index in [2.05, 4.69) is 5.32 Å². The molecule has 148 valence electrons. The number of nitrogens with one attached hydrogen (secondary N) is 2. The number of methoxy groups -OCH3 is 1. The van der Waals surface area contributed by atoms with Crippen molar-refractivity contribution < 1.29 is 24.0 Å². The van der Waals surface area contributed by atoms with Crippen LogP contribution in [0.3, 0.4) is 0 Å². The zero-order valence-electron chi connectivity index (χ0n) is 16.0. The van der Waals surface area contributed by atoms with Gasteiger partial charge in [0.2, 0.25) is 0 Å². The second-order valence-electron chi connectivity index (χ2n) is 7.16. The highest BCUT2D eigenvalue weighted by Crippen LogP contribution is 2.39. The Hall–Kier alpha value is -2.22. The molecule has 1 saturated heterocycles. The summed E-state index contributed by atoms with van der Waals surface area (Å²) in [5.74, 6) is -0.460. The third-order valence-corrected chi connectivity index (χ3v) is 6.69. The summed E-state index contributed by atoms with van der Waals surface area (Å²) in [4.78, 5) is 28.1. The quantitative estimate of drug-likeness (QED) is 0.747. The molecule has 0 radical (unpaired) electrons. The number of carbonyl (C=O) groups is 2. The first-order chi connectivity index (χ1) is 13.7. The van der Waals surface area contributed by atoms with E-state index in [1.807, 2.05) is 30.3 Å². The van der Waals surface area contributed by atoms with E-state index in [1.165, 1.54) is 28.2 Å². The number of ether oxygens (including phenoxy) is 2. The summed E-state index contributed by atoms with van der Waals surface area (Å²) in [5.41, 5.74) is 2.56. The first-order valence-corrected chi connectivity index (χ1v) is 10.5. The molecule has 7 heteroatoms. The largest absolute Gasteiger partial charge is 0.465 e. The van der Waals surface area contributed by atoms with Crippen LogP contribution in [0.1, 0.15) is 38.8 Å². The van der Waals surface area contributed by atoms with Crippen molar-refractivity contribution in [1.29, 1.82) is 0 Å². The van der Waals surface area contributed by atoms with Crippen molar-refractivity contribution in [3.8, 4) is 0 Å². The summed E-state index contributed by atoms with van der Waals surface area (Å²) in [5, 5.41) is 3.69. The summed E-state index contributed by atoms with van der Waals surface area (Å²) in [6.45, 7) is 2.84. The maximum absolute atomic E-state index is 13.4. The van der Waals surface area contributed by atoms with Gasteiger partial charge in [0.15, 0.2) is 6.04 Å². The van der Waals surface area contributed by atoms with Crippen LogP contribution in [-0.2, 0) is 27.1 Å². The van der Waals surface area contributed by atoms with Gasteiger partial charge in [0.1, 0.15) is 18.1 Å². The van der Waals surface area contributed by atoms with Gasteiger partial charge in [-0.25, -0.2) is 4.79 Å². The van der Waals surface area contributed by atoms with Crippen molar-refractivity contribution in [2.45, 2.75) is 25.3 Å². The smallest absolute Gasteiger partial charge is 0.341 e. The number of hydrogen-bond donors (Lipinski definition) is 2. The molecular formula is C21H25N2O4S+. The molecule has 1 aromatic heterocycles. The molecule has 6 nitrogen and oxygen atoms in total. The van der Waals surface area contributed by atoms with Gasteiger partial charge in [-0.3, -0.25) is 4.79 Å². The molecule has 2 aliphatic rings. The number of hydrogen-bond acceptors (Lipinski definition) is 5. The van der Waals surface area contributed by atoms with Gasteiger partial charge in [-0.05, 0) is 24.8 Å². The Morgan fingerprint density at radius 3 is 2.64 bits per heavy atom. The Balaban J connectivity index is 1.64. The summed E-state index contributed by atoms with van der Waals surface area (Å²) >= 11 is 1.51. The number of rotatable bonds is 5. The van der Waals surface area contributed by atoms with E-state index in [0.717, 1.165) is 43.5 Å². The normalized spacial score (nSPS) is 17.8. The van der Waals surface area contributed by atoms with Gasteiger partial charge in [-0.1, -0.05) is 30.3 Å². The summed E-state index contributed by atoms with van der Waals surface area (Å²) in [7, 11) is 1.39. The second-order valence-corrected chi connectivity index (χ2v) is 8.26. The number of quaternary nitrogens is 1. The predicted octanol–water partition coefficient (Wildman–Crippen LogP) is 1.62. The van der Waals surface area contributed by atoms with E-state index < -0.39 is 0 Å². The van der Waals surface area contributed by atoms with Crippen molar-refractivity contribution >= 4 is 28.2 Å². The fourth-order valence-electron chi connectivity index (χ4n) is 4.13. The highest BCUT2D eigenvalue weighted by atomic mass is 32.1. The Kier molecular flexibility index (Phi) is 5.75. The Morgan fingerprint density at radius 1 is 1.18 bits per heavy atom. The molecule has 1 fully saturated rings. The van der Waals surface area contributed by atoms with Crippen LogP contribution in [0.2, 0.25) is 0 Å². The monoisotopic (exact) mass is 401 g/mol. The molecule has 0 bridgehead atoms. The van der Waals surface area contributed by atoms with E-state index >= 15 is 0 Å². The first-order valence-electron chi connectivity index (χ1n) is 9.70. The van der Waals surface area contributed by atoms with Crippen LogP contribution in [0.4, 0.5) is 5.00 Å². The molecule has 2 heterocycles. The standard InChI is InChI=1S/C21H24N2O4S/c1-26-21(25)17-15-8-5-9-16(15)28-20(17)22-19(24)18(14-6-3-2-4-7-14)23-10-12-27-13-11-23/h2-4,6-7,18H,5,8-13H2,1H3,(H,22,24)/p+1/t18-/m0/s1. The SMILES string of the molecule is COC(=O)c1c(NC(=O)[C@H](c2ccccc2)[NH+]2CCOCC2)sc2c1CCC2. The van der Waals surface area contributed by atoms with Crippen LogP contribution in [0.5, 0.6) is 0 Å². The zero-order valence-corrected chi connectivity index (χ0v) is 16.8. The molecule has 1 aliphatic carbocycles. The minimum atomic E-state index is -0.371. The molecular weight excluding hydrogens is 376 g/mol. The van der Waals surface area contributed by atoms with E-state index in [1.54, 1.807) is 0 Å². The van der Waals surface area contributed by atoms with Crippen LogP contribution >= 0.6 is 11.3 Å². The van der Waals surface area contributed by atoms with Gasteiger partial charge in [0.25, 0.3) is 5.91 Å². The number of fused-ring (bicyclic) bond motifs is 1. The lowest BCUT2D eigenvalue weighted by molar-refractivity contribution is -0.929. The number of anilines is 1. The van der Waals surface area contributed by atoms with E-state index in [9.17, 15) is 9.59 Å². The number of benzene rings is 1. The topological polar surface area (TPSA) is 69.1 Å². The van der Waals surface area contributed by atoms with Crippen LogP contribution in [0.25, 0.3) is 0 Å². The van der Waals surface area contributed by atoms with Crippen LogP contribution in [0, 0.1) is 0 Å². The average Bonchev–Trinajstić information content (AvgIpc) is 3.30. The summed E-state index contributed by atoms with van der Waals surface area (Å²) < 4.78 is 10.5. The van der Waals surface area contributed by atoms with Gasteiger partial charge in [0.05, 0.1) is 25.9 Å². The fourth-order valence-corrected chi connectivity index (χ4v) is 5.41. The number of amides is 1. The van der Waals surface area contributed by atoms with Gasteiger partial charge < -0.3 is 19.7 Å². The molecule has 2 aromatic rings. The van der Waals surface area contributed by atoms with Crippen molar-refractivity contribution in [2.75, 3.05) is 38.7 Å². The number of aryl methyl sites for hydroxylation is 1. The minimum absolute atomic E-state index is 0.0897. The third kappa shape index (κ3) is 3.70. The lowest BCUT2D eigenvalue weighted by Crippen LogP contribution is -3.15. The molecule has 0 spiro atoms. The summed E-state index contributed by atoms with van der Waals surface area (Å²) in [6, 6.07) is 9.49. The zero-order chi connectivity index (χ0) is 19.5.